The number of carbonyl (C=O) groups excluding carboxylic acids is 10. The second-order valence-corrected chi connectivity index (χ2v) is 22.4. The monoisotopic (exact) mass is 1420 g/mol. The van der Waals surface area contributed by atoms with Gasteiger partial charge in [-0.1, -0.05) is 54.4 Å². The van der Waals surface area contributed by atoms with E-state index in [1.165, 1.54) is 24.3 Å². The molecule has 498 valence electrons. The Morgan fingerprint density at radius 2 is 0.793 bits per heavy atom. The number of hydrogen-bond donors (Lipinski definition) is 0. The molecule has 92 heavy (non-hydrogen) atoms. The van der Waals surface area contributed by atoms with Crippen molar-refractivity contribution in [1.82, 2.24) is 30.0 Å². The Hall–Kier alpha value is -8.30. The maximum absolute atomic E-state index is 13.5. The summed E-state index contributed by atoms with van der Waals surface area (Å²) in [5, 5.41) is 16.7. The van der Waals surface area contributed by atoms with Crippen LogP contribution in [0.2, 0.25) is 0 Å². The van der Waals surface area contributed by atoms with Crippen LogP contribution in [0, 0.1) is 0 Å². The normalized spacial score (nSPS) is 21.2. The number of rotatable bonds is 33. The van der Waals surface area contributed by atoms with Gasteiger partial charge in [-0.25, -0.2) is 9.36 Å². The van der Waals surface area contributed by atoms with Crippen LogP contribution < -0.4 is 9.47 Å². The molecule has 0 aliphatic carbocycles. The van der Waals surface area contributed by atoms with Gasteiger partial charge in [-0.3, -0.25) is 47.9 Å². The van der Waals surface area contributed by atoms with Crippen LogP contribution in [0.25, 0.3) is 12.2 Å². The van der Waals surface area contributed by atoms with Crippen molar-refractivity contribution in [1.29, 1.82) is 0 Å². The lowest BCUT2D eigenvalue weighted by atomic mass is 9.91. The Balaban J connectivity index is 0.932. The molecule has 0 bridgehead atoms. The van der Waals surface area contributed by atoms with Crippen molar-refractivity contribution in [3.05, 3.63) is 92.4 Å². The fourth-order valence-corrected chi connectivity index (χ4v) is 10.1. The fourth-order valence-electron chi connectivity index (χ4n) is 9.37. The van der Waals surface area contributed by atoms with Crippen LogP contribution >= 0.6 is 31.9 Å². The van der Waals surface area contributed by atoms with E-state index in [2.05, 4.69) is 52.5 Å². The van der Waals surface area contributed by atoms with Crippen molar-refractivity contribution in [2.24, 2.45) is 0 Å². The minimum atomic E-state index is -1.42. The van der Waals surface area contributed by atoms with Gasteiger partial charge in [0, 0.05) is 88.3 Å². The fraction of sp³-hybridized carbons (Fsp3) is 0.500. The highest BCUT2D eigenvalue weighted by atomic mass is 79.9. The topological polar surface area (TPSA) is 361 Å². The van der Waals surface area contributed by atoms with E-state index >= 15 is 0 Å². The molecule has 30 nitrogen and oxygen atoms in total. The Labute approximate surface area is 544 Å². The Morgan fingerprint density at radius 3 is 1.13 bits per heavy atom. The third kappa shape index (κ3) is 24.1. The van der Waals surface area contributed by atoms with Gasteiger partial charge in [-0.15, -0.1) is 10.2 Å². The summed E-state index contributed by atoms with van der Waals surface area (Å²) in [4.78, 5) is 124. The van der Waals surface area contributed by atoms with Gasteiger partial charge in [0.25, 0.3) is 0 Å². The molecule has 0 amide bonds. The molecule has 2 aliphatic rings. The van der Waals surface area contributed by atoms with Gasteiger partial charge in [-0.2, -0.15) is 0 Å². The minimum absolute atomic E-state index is 0.0116. The average molecular weight is 1420 g/mol. The molecule has 0 saturated carbocycles. The molecule has 2 fully saturated rings. The molecule has 6 rings (SSSR count). The molecule has 10 atom stereocenters. The number of nitrogens with zero attached hydrogens (tertiary/aromatic N) is 6. The highest BCUT2D eigenvalue weighted by molar-refractivity contribution is 9.10. The highest BCUT2D eigenvalue weighted by Gasteiger charge is 2.54. The predicted octanol–water partition coefficient (Wildman–Crippen LogP) is 4.48. The van der Waals surface area contributed by atoms with Crippen molar-refractivity contribution in [3.63, 3.8) is 0 Å². The third-order valence-corrected chi connectivity index (χ3v) is 14.0. The van der Waals surface area contributed by atoms with E-state index in [4.69, 9.17) is 66.3 Å². The zero-order valence-electron chi connectivity index (χ0n) is 51.4. The summed E-state index contributed by atoms with van der Waals surface area (Å²) in [6, 6.07) is 10.3. The molecular weight excluding hydrogens is 1350 g/mol. The number of allylic oxidation sites excluding steroid dienone is 2. The molecule has 0 unspecified atom stereocenters. The number of aromatic nitrogens is 6. The number of esters is 8. The lowest BCUT2D eigenvalue weighted by molar-refractivity contribution is -0.252. The molecule has 0 radical (unpaired) electrons. The van der Waals surface area contributed by atoms with E-state index in [0.29, 0.717) is 69.3 Å². The number of benzene rings is 2. The van der Waals surface area contributed by atoms with Crippen LogP contribution in [-0.4, -0.2) is 190 Å². The van der Waals surface area contributed by atoms with Gasteiger partial charge in [-0.05, 0) is 48.6 Å². The van der Waals surface area contributed by atoms with Gasteiger partial charge >= 0.3 is 47.8 Å². The summed E-state index contributed by atoms with van der Waals surface area (Å²) in [6.45, 7) is 10.0. The first-order chi connectivity index (χ1) is 43.8. The van der Waals surface area contributed by atoms with Gasteiger partial charge in [0.2, 0.25) is 0 Å². The zero-order chi connectivity index (χ0) is 67.0. The zero-order valence-corrected chi connectivity index (χ0v) is 54.6. The molecule has 4 heterocycles. The number of hydrogen-bond acceptors (Lipinski definition) is 28. The lowest BCUT2D eigenvalue weighted by Gasteiger charge is -2.44. The van der Waals surface area contributed by atoms with Gasteiger partial charge in [0.15, 0.2) is 48.2 Å². The van der Waals surface area contributed by atoms with E-state index in [9.17, 15) is 47.9 Å². The van der Waals surface area contributed by atoms with Crippen LogP contribution in [0.3, 0.4) is 0 Å². The quantitative estimate of drug-likeness (QED) is 0.0274. The van der Waals surface area contributed by atoms with Crippen LogP contribution in [0.1, 0.15) is 90.7 Å². The van der Waals surface area contributed by atoms with Gasteiger partial charge in [0.05, 0.1) is 51.9 Å². The van der Waals surface area contributed by atoms with Crippen molar-refractivity contribution in [2.75, 3.05) is 39.6 Å². The second kappa shape index (κ2) is 36.1. The van der Waals surface area contributed by atoms with Crippen molar-refractivity contribution in [3.8, 4) is 11.5 Å². The first kappa shape index (κ1) is 72.8. The first-order valence-corrected chi connectivity index (χ1v) is 30.2. The van der Waals surface area contributed by atoms with Crippen LogP contribution in [0.5, 0.6) is 11.5 Å². The summed E-state index contributed by atoms with van der Waals surface area (Å²) in [7, 11) is 0. The summed E-state index contributed by atoms with van der Waals surface area (Å²) < 4.78 is 83.4. The van der Waals surface area contributed by atoms with Crippen LogP contribution in [0.15, 0.2) is 69.9 Å². The number of ether oxygens (including phenoxy) is 14. The number of halogens is 2. The number of ketones is 2. The van der Waals surface area contributed by atoms with E-state index < -0.39 is 146 Å². The molecule has 32 heteroatoms. The molecule has 2 aromatic carbocycles. The molecule has 4 aromatic rings. The Morgan fingerprint density at radius 1 is 0.457 bits per heavy atom. The Bertz CT molecular complexity index is 3100. The van der Waals surface area contributed by atoms with Crippen molar-refractivity contribution >= 4 is 103 Å². The largest absolute Gasteiger partial charge is 0.486 e. The minimum Gasteiger partial charge on any atom is -0.486 e. The van der Waals surface area contributed by atoms with E-state index in [1.807, 2.05) is 0 Å². The second-order valence-electron chi connectivity index (χ2n) is 20.6. The van der Waals surface area contributed by atoms with Gasteiger partial charge in [0.1, 0.15) is 73.7 Å². The average Bonchev–Trinajstić information content (AvgIpc) is 0.957. The van der Waals surface area contributed by atoms with Crippen LogP contribution in [0.4, 0.5) is 0 Å². The summed E-state index contributed by atoms with van der Waals surface area (Å²) >= 11 is 6.90. The molecule has 2 aliphatic heterocycles. The van der Waals surface area contributed by atoms with Crippen molar-refractivity contribution < 1.29 is 114 Å². The Kier molecular flexibility index (Phi) is 28.5. The lowest BCUT2D eigenvalue weighted by Crippen LogP contribution is -2.62. The number of carbonyl (C=O) groups is 10. The van der Waals surface area contributed by atoms with E-state index in [0.717, 1.165) is 55.4 Å². The molecular formula is C60H70Br2N6O24. The van der Waals surface area contributed by atoms with E-state index in [1.54, 1.807) is 58.2 Å². The first-order valence-electron chi connectivity index (χ1n) is 28.6. The summed E-state index contributed by atoms with van der Waals surface area (Å²) in [6.07, 6.45) is -5.02. The summed E-state index contributed by atoms with van der Waals surface area (Å²) in [5.41, 5.74) is 2.02. The standard InChI is InChI=1S/C60H70Br2N6O24/c1-33(69)81-31-53-57(87-37(5)73)59(89-39(7)75)55(85-35(3)71)51(91-53)25-47(77)15-11-41-9-13-43(61)23-49(41)83-29-45-27-67(65-63-45)17-19-79-21-22-80-20-18-68-28-46(64-66-68)30-84-50-24-44(62)14-10-42(50)12-16-48(78)26-52-56(86-36(4)72)60(90-40(8)76)58(88-38(6)74)54(92-52)32-82-34(2)70/h9-16,23-24,27-28,51-60H,17-22,25-26,29-32H2,1-8H3/b15-11+,16-12+/t51-,52-,53+,54+,55-,56-,57+,58+,59+,60+/m0/s1. The maximum Gasteiger partial charge on any atom is 0.303 e. The van der Waals surface area contributed by atoms with E-state index in [-0.39, 0.29) is 26.4 Å². The SMILES string of the molecule is CC(=O)OC[C@H]1O[C@@H](CC(=O)/C=C/c2ccc(Br)cc2OCc2cn(CCOCCOCCn3cc(COc4cc(Br)ccc4/C=C/C(=O)C[C@@H]4O[C@H](COC(C)=O)[C@@H](OC(C)=O)[C@H](OC(C)=O)[C@H]4OC(C)=O)nn3)nn2)[C@H](OC(C)=O)[C@@H](OC(C)=O)[C@@H]1OC(C)=O. The molecule has 2 aromatic heterocycles. The molecule has 2 saturated heterocycles. The maximum atomic E-state index is 13.5. The molecule has 0 N–H and O–H groups in total. The van der Waals surface area contributed by atoms with Gasteiger partial charge < -0.3 is 66.3 Å². The highest BCUT2D eigenvalue weighted by Crippen LogP contribution is 2.34. The van der Waals surface area contributed by atoms with Crippen molar-refractivity contribution in [2.45, 2.75) is 156 Å². The summed E-state index contributed by atoms with van der Waals surface area (Å²) in [5.74, 6) is -6.31. The van der Waals surface area contributed by atoms with Crippen LogP contribution in [-0.2, 0) is 131 Å². The smallest absolute Gasteiger partial charge is 0.303 e. The predicted molar refractivity (Wildman–Crippen MR) is 320 cm³/mol. The third-order valence-electron chi connectivity index (χ3n) is 13.1. The molecule has 0 spiro atoms.